The minimum absolute atomic E-state index is 0.0916. The third-order valence-electron chi connectivity index (χ3n) is 3.96. The first-order chi connectivity index (χ1) is 12.5. The molecule has 0 bridgehead atoms. The van der Waals surface area contributed by atoms with E-state index in [1.54, 1.807) is 18.2 Å². The lowest BCUT2D eigenvalue weighted by Crippen LogP contribution is -2.18. The van der Waals surface area contributed by atoms with Crippen molar-refractivity contribution < 1.29 is 18.4 Å². The van der Waals surface area contributed by atoms with Crippen LogP contribution in [0.5, 0.6) is 0 Å². The number of rotatable bonds is 6. The fraction of sp³-hybridized carbons (Fsp3) is 0.200. The van der Waals surface area contributed by atoms with Gasteiger partial charge in [-0.25, -0.2) is 4.39 Å². The highest BCUT2D eigenvalue weighted by atomic mass is 19.1. The van der Waals surface area contributed by atoms with Gasteiger partial charge in [0.1, 0.15) is 18.1 Å². The van der Waals surface area contributed by atoms with Crippen LogP contribution in [-0.2, 0) is 16.1 Å². The van der Waals surface area contributed by atoms with Crippen LogP contribution in [0, 0.1) is 19.7 Å². The molecule has 0 aliphatic heterocycles. The Bertz CT molecular complexity index is 904. The molecular weight excluding hydrogens is 335 g/mol. The quantitative estimate of drug-likeness (QED) is 0.719. The number of benzene rings is 2. The third kappa shape index (κ3) is 4.55. The minimum atomic E-state index is -0.313. The van der Waals surface area contributed by atoms with Gasteiger partial charge in [-0.1, -0.05) is 11.2 Å². The van der Waals surface area contributed by atoms with Crippen molar-refractivity contribution in [1.29, 1.82) is 0 Å². The predicted molar refractivity (Wildman–Crippen MR) is 96.1 cm³/mol. The van der Waals surface area contributed by atoms with Crippen LogP contribution in [-0.4, -0.2) is 17.7 Å². The molecule has 0 saturated carbocycles. The second-order valence-electron chi connectivity index (χ2n) is 6.03. The maximum Gasteiger partial charge on any atom is 0.250 e. The smallest absolute Gasteiger partial charge is 0.250 e. The van der Waals surface area contributed by atoms with E-state index in [4.69, 9.17) is 9.26 Å². The van der Waals surface area contributed by atoms with Gasteiger partial charge in [0.05, 0.1) is 6.61 Å². The SMILES string of the molecule is Cc1ccc(NC(=O)COCc2cc(-c3ccc(F)cc3)on2)cc1C. The zero-order chi connectivity index (χ0) is 18.5. The fourth-order valence-electron chi connectivity index (χ4n) is 2.39. The van der Waals surface area contributed by atoms with Crippen molar-refractivity contribution in [1.82, 2.24) is 5.16 Å². The standard InChI is InChI=1S/C20H19FN2O3/c1-13-3-8-17(9-14(13)2)22-20(24)12-25-11-18-10-19(26-23-18)15-4-6-16(21)7-5-15/h3-10H,11-12H2,1-2H3,(H,22,24). The maximum absolute atomic E-state index is 12.9. The van der Waals surface area contributed by atoms with Gasteiger partial charge in [-0.3, -0.25) is 4.79 Å². The average Bonchev–Trinajstić information content (AvgIpc) is 3.08. The molecule has 0 saturated heterocycles. The Hall–Kier alpha value is -2.99. The molecule has 0 unspecified atom stereocenters. The van der Waals surface area contributed by atoms with Gasteiger partial charge >= 0.3 is 0 Å². The van der Waals surface area contributed by atoms with E-state index < -0.39 is 0 Å². The lowest BCUT2D eigenvalue weighted by atomic mass is 10.1. The Morgan fingerprint density at radius 1 is 1.12 bits per heavy atom. The lowest BCUT2D eigenvalue weighted by molar-refractivity contribution is -0.121. The summed E-state index contributed by atoms with van der Waals surface area (Å²) >= 11 is 0. The topological polar surface area (TPSA) is 64.4 Å². The summed E-state index contributed by atoms with van der Waals surface area (Å²) in [7, 11) is 0. The van der Waals surface area contributed by atoms with Crippen molar-refractivity contribution in [3.8, 4) is 11.3 Å². The number of aromatic nitrogens is 1. The van der Waals surface area contributed by atoms with Crippen LogP contribution in [0.3, 0.4) is 0 Å². The number of nitrogens with one attached hydrogen (secondary N) is 1. The average molecular weight is 354 g/mol. The Labute approximate surface area is 150 Å². The van der Waals surface area contributed by atoms with Crippen LogP contribution in [0.15, 0.2) is 53.1 Å². The van der Waals surface area contributed by atoms with Crippen molar-refractivity contribution >= 4 is 11.6 Å². The molecule has 3 rings (SSSR count). The molecule has 2 aromatic carbocycles. The summed E-state index contributed by atoms with van der Waals surface area (Å²) in [4.78, 5) is 11.9. The molecule has 1 aromatic heterocycles. The van der Waals surface area contributed by atoms with Crippen LogP contribution >= 0.6 is 0 Å². The van der Waals surface area contributed by atoms with Crippen LogP contribution in [0.2, 0.25) is 0 Å². The van der Waals surface area contributed by atoms with Crippen molar-refractivity contribution in [2.45, 2.75) is 20.5 Å². The maximum atomic E-state index is 12.9. The minimum Gasteiger partial charge on any atom is -0.365 e. The van der Waals surface area contributed by atoms with Gasteiger partial charge in [-0.2, -0.15) is 0 Å². The zero-order valence-electron chi connectivity index (χ0n) is 14.6. The number of aryl methyl sites for hydroxylation is 2. The molecule has 3 aromatic rings. The first kappa shape index (κ1) is 17.8. The molecule has 0 aliphatic rings. The van der Waals surface area contributed by atoms with E-state index in [-0.39, 0.29) is 24.9 Å². The number of hydrogen-bond donors (Lipinski definition) is 1. The molecular formula is C20H19FN2O3. The molecule has 1 heterocycles. The molecule has 1 amide bonds. The molecule has 1 N–H and O–H groups in total. The zero-order valence-corrected chi connectivity index (χ0v) is 14.6. The number of carbonyl (C=O) groups is 1. The second-order valence-corrected chi connectivity index (χ2v) is 6.03. The summed E-state index contributed by atoms with van der Waals surface area (Å²) < 4.78 is 23.5. The highest BCUT2D eigenvalue weighted by Gasteiger charge is 2.09. The Morgan fingerprint density at radius 2 is 1.88 bits per heavy atom. The van der Waals surface area contributed by atoms with E-state index in [9.17, 15) is 9.18 Å². The van der Waals surface area contributed by atoms with Gasteiger partial charge in [-0.05, 0) is 61.4 Å². The number of nitrogens with zero attached hydrogens (tertiary/aromatic N) is 1. The highest BCUT2D eigenvalue weighted by molar-refractivity contribution is 5.91. The Morgan fingerprint density at radius 3 is 2.62 bits per heavy atom. The van der Waals surface area contributed by atoms with Crippen molar-refractivity contribution in [2.24, 2.45) is 0 Å². The summed E-state index contributed by atoms with van der Waals surface area (Å²) in [6.45, 7) is 4.06. The van der Waals surface area contributed by atoms with Crippen LogP contribution in [0.4, 0.5) is 10.1 Å². The van der Waals surface area contributed by atoms with Crippen molar-refractivity contribution in [3.63, 3.8) is 0 Å². The van der Waals surface area contributed by atoms with E-state index in [2.05, 4.69) is 10.5 Å². The van der Waals surface area contributed by atoms with Crippen LogP contribution < -0.4 is 5.32 Å². The summed E-state index contributed by atoms with van der Waals surface area (Å²) in [6.07, 6.45) is 0. The lowest BCUT2D eigenvalue weighted by Gasteiger charge is -2.07. The van der Waals surface area contributed by atoms with Gasteiger partial charge in [0, 0.05) is 17.3 Å². The first-order valence-corrected chi connectivity index (χ1v) is 8.17. The number of amides is 1. The van der Waals surface area contributed by atoms with Crippen LogP contribution in [0.1, 0.15) is 16.8 Å². The van der Waals surface area contributed by atoms with Gasteiger partial charge < -0.3 is 14.6 Å². The Kier molecular flexibility index (Phi) is 5.43. The summed E-state index contributed by atoms with van der Waals surface area (Å²) in [5.41, 5.74) is 4.30. The van der Waals surface area contributed by atoms with E-state index >= 15 is 0 Å². The van der Waals surface area contributed by atoms with Crippen molar-refractivity contribution in [3.05, 3.63) is 71.2 Å². The van der Waals surface area contributed by atoms with E-state index in [0.29, 0.717) is 11.5 Å². The fourth-order valence-corrected chi connectivity index (χ4v) is 2.39. The molecule has 0 fully saturated rings. The number of ether oxygens (including phenoxy) is 1. The third-order valence-corrected chi connectivity index (χ3v) is 3.96. The Balaban J connectivity index is 1.49. The molecule has 26 heavy (non-hydrogen) atoms. The van der Waals surface area contributed by atoms with E-state index in [0.717, 1.165) is 16.8 Å². The molecule has 0 aliphatic carbocycles. The monoisotopic (exact) mass is 354 g/mol. The van der Waals surface area contributed by atoms with E-state index in [1.807, 2.05) is 32.0 Å². The largest absolute Gasteiger partial charge is 0.365 e. The van der Waals surface area contributed by atoms with Crippen molar-refractivity contribution in [2.75, 3.05) is 11.9 Å². The molecule has 5 nitrogen and oxygen atoms in total. The van der Waals surface area contributed by atoms with Gasteiger partial charge in [0.15, 0.2) is 5.76 Å². The second kappa shape index (κ2) is 7.93. The molecule has 6 heteroatoms. The van der Waals surface area contributed by atoms with Crippen LogP contribution in [0.25, 0.3) is 11.3 Å². The normalized spacial score (nSPS) is 10.7. The first-order valence-electron chi connectivity index (χ1n) is 8.17. The molecule has 134 valence electrons. The van der Waals surface area contributed by atoms with Gasteiger partial charge in [-0.15, -0.1) is 0 Å². The van der Waals surface area contributed by atoms with Gasteiger partial charge in [0.25, 0.3) is 0 Å². The number of halogens is 1. The molecule has 0 radical (unpaired) electrons. The number of hydrogen-bond acceptors (Lipinski definition) is 4. The summed E-state index contributed by atoms with van der Waals surface area (Å²) in [6, 6.07) is 13.4. The highest BCUT2D eigenvalue weighted by Crippen LogP contribution is 2.21. The number of anilines is 1. The summed E-state index contributed by atoms with van der Waals surface area (Å²) in [5.74, 6) is -0.0368. The van der Waals surface area contributed by atoms with Gasteiger partial charge in [0.2, 0.25) is 5.91 Å². The molecule has 0 atom stereocenters. The predicted octanol–water partition coefficient (Wildman–Crippen LogP) is 4.25. The number of carbonyl (C=O) groups excluding carboxylic acids is 1. The van der Waals surface area contributed by atoms with E-state index in [1.165, 1.54) is 17.7 Å². The summed E-state index contributed by atoms with van der Waals surface area (Å²) in [5, 5.41) is 6.68. The molecule has 0 spiro atoms.